The zero-order chi connectivity index (χ0) is 19.9. The fraction of sp³-hybridized carbons (Fsp3) is 0.364. The molecule has 0 saturated carbocycles. The lowest BCUT2D eigenvalue weighted by Gasteiger charge is -2.32. The molecule has 1 saturated heterocycles. The van der Waals surface area contributed by atoms with Gasteiger partial charge in [-0.2, -0.15) is 0 Å². The van der Waals surface area contributed by atoms with Crippen molar-refractivity contribution >= 4 is 41.5 Å². The molecule has 29 heavy (non-hydrogen) atoms. The number of anilines is 1. The number of nitrogens with one attached hydrogen (secondary N) is 2. The van der Waals surface area contributed by atoms with Crippen LogP contribution in [0, 0.1) is 5.92 Å². The Morgan fingerprint density at radius 2 is 1.72 bits per heavy atom. The van der Waals surface area contributed by atoms with E-state index in [0.717, 1.165) is 38.9 Å². The normalized spacial score (nSPS) is 14.2. The van der Waals surface area contributed by atoms with E-state index in [4.69, 9.17) is 11.6 Å². The SMILES string of the molecule is CNCCC1CCN(C(=O)c2ccccc2NC(=O)c2ccc(Cl)cc2)CC1.Cl. The van der Waals surface area contributed by atoms with Crippen LogP contribution in [0.25, 0.3) is 0 Å². The molecule has 156 valence electrons. The van der Waals surface area contributed by atoms with Gasteiger partial charge in [0.1, 0.15) is 0 Å². The van der Waals surface area contributed by atoms with Crippen LogP contribution in [0.4, 0.5) is 5.69 Å². The van der Waals surface area contributed by atoms with Gasteiger partial charge in [-0.25, -0.2) is 0 Å². The van der Waals surface area contributed by atoms with Crippen molar-refractivity contribution in [3.05, 3.63) is 64.7 Å². The van der Waals surface area contributed by atoms with E-state index in [-0.39, 0.29) is 24.2 Å². The number of likely N-dealkylation sites (tertiary alicyclic amines) is 1. The molecule has 1 aliphatic rings. The Balaban J connectivity index is 0.00000300. The summed E-state index contributed by atoms with van der Waals surface area (Å²) in [7, 11) is 1.97. The summed E-state index contributed by atoms with van der Waals surface area (Å²) in [4.78, 5) is 27.5. The van der Waals surface area contributed by atoms with Gasteiger partial charge in [0.25, 0.3) is 11.8 Å². The van der Waals surface area contributed by atoms with Gasteiger partial charge in [0.2, 0.25) is 0 Å². The Labute approximate surface area is 183 Å². The van der Waals surface area contributed by atoms with Gasteiger partial charge in [-0.3, -0.25) is 9.59 Å². The molecule has 2 amide bonds. The number of piperidine rings is 1. The monoisotopic (exact) mass is 435 g/mol. The lowest BCUT2D eigenvalue weighted by Crippen LogP contribution is -2.39. The highest BCUT2D eigenvalue weighted by Crippen LogP contribution is 2.24. The summed E-state index contributed by atoms with van der Waals surface area (Å²) in [6.45, 7) is 2.53. The van der Waals surface area contributed by atoms with Crippen molar-refractivity contribution in [3.63, 3.8) is 0 Å². The first-order valence-electron chi connectivity index (χ1n) is 9.68. The van der Waals surface area contributed by atoms with E-state index in [0.29, 0.717) is 27.8 Å². The van der Waals surface area contributed by atoms with E-state index in [1.54, 1.807) is 36.4 Å². The molecule has 0 bridgehead atoms. The van der Waals surface area contributed by atoms with Gasteiger partial charge in [0, 0.05) is 23.7 Å². The van der Waals surface area contributed by atoms with Crippen molar-refractivity contribution in [2.75, 3.05) is 32.0 Å². The summed E-state index contributed by atoms with van der Waals surface area (Å²) in [5.41, 5.74) is 1.56. The maximum atomic E-state index is 13.0. The molecule has 2 N–H and O–H groups in total. The molecule has 0 spiro atoms. The summed E-state index contributed by atoms with van der Waals surface area (Å²) < 4.78 is 0. The highest BCUT2D eigenvalue weighted by Gasteiger charge is 2.25. The Kier molecular flexibility index (Phi) is 8.96. The fourth-order valence-electron chi connectivity index (χ4n) is 3.52. The van der Waals surface area contributed by atoms with Crippen LogP contribution in [0.5, 0.6) is 0 Å². The maximum absolute atomic E-state index is 13.0. The predicted octanol–water partition coefficient (Wildman–Crippen LogP) is 4.48. The number of hydrogen-bond donors (Lipinski definition) is 2. The van der Waals surface area contributed by atoms with Crippen molar-refractivity contribution < 1.29 is 9.59 Å². The van der Waals surface area contributed by atoms with E-state index in [1.165, 1.54) is 0 Å². The Bertz CT molecular complexity index is 819. The second-order valence-electron chi connectivity index (χ2n) is 7.13. The van der Waals surface area contributed by atoms with Gasteiger partial charge in [0.05, 0.1) is 11.3 Å². The van der Waals surface area contributed by atoms with Crippen LogP contribution in [0.3, 0.4) is 0 Å². The molecule has 1 fully saturated rings. The molecule has 1 aliphatic heterocycles. The molecule has 3 rings (SSSR count). The van der Waals surface area contributed by atoms with Gasteiger partial charge in [-0.05, 0) is 75.2 Å². The van der Waals surface area contributed by atoms with Crippen LogP contribution in [0.15, 0.2) is 48.5 Å². The molecule has 0 radical (unpaired) electrons. The minimum atomic E-state index is -0.261. The lowest BCUT2D eigenvalue weighted by molar-refractivity contribution is 0.0688. The number of rotatable bonds is 6. The largest absolute Gasteiger partial charge is 0.339 e. The molecule has 5 nitrogen and oxygen atoms in total. The highest BCUT2D eigenvalue weighted by molar-refractivity contribution is 6.30. The Morgan fingerprint density at radius 3 is 2.38 bits per heavy atom. The number of carbonyl (C=O) groups is 2. The molecule has 0 unspecified atom stereocenters. The van der Waals surface area contributed by atoms with E-state index < -0.39 is 0 Å². The second kappa shape index (κ2) is 11.2. The van der Waals surface area contributed by atoms with Crippen molar-refractivity contribution in [2.24, 2.45) is 5.92 Å². The zero-order valence-corrected chi connectivity index (χ0v) is 18.1. The molecule has 0 aromatic heterocycles. The second-order valence-corrected chi connectivity index (χ2v) is 7.57. The summed E-state index contributed by atoms with van der Waals surface area (Å²) in [6, 6.07) is 13.9. The maximum Gasteiger partial charge on any atom is 0.255 e. The quantitative estimate of drug-likeness (QED) is 0.702. The topological polar surface area (TPSA) is 61.4 Å². The van der Waals surface area contributed by atoms with Gasteiger partial charge in [0.15, 0.2) is 0 Å². The first-order valence-corrected chi connectivity index (χ1v) is 10.1. The molecule has 7 heteroatoms. The van der Waals surface area contributed by atoms with E-state index in [2.05, 4.69) is 10.6 Å². The van der Waals surface area contributed by atoms with Crippen LogP contribution >= 0.6 is 24.0 Å². The third-order valence-corrected chi connectivity index (χ3v) is 5.47. The smallest absolute Gasteiger partial charge is 0.255 e. The molecule has 2 aromatic carbocycles. The van der Waals surface area contributed by atoms with E-state index >= 15 is 0 Å². The van der Waals surface area contributed by atoms with Crippen LogP contribution in [-0.2, 0) is 0 Å². The van der Waals surface area contributed by atoms with Crippen LogP contribution in [-0.4, -0.2) is 43.4 Å². The van der Waals surface area contributed by atoms with E-state index in [1.807, 2.05) is 24.1 Å². The number of nitrogens with zero attached hydrogens (tertiary/aromatic N) is 1. The van der Waals surface area contributed by atoms with Crippen LogP contribution < -0.4 is 10.6 Å². The number of amides is 2. The molecule has 1 heterocycles. The minimum absolute atomic E-state index is 0. The van der Waals surface area contributed by atoms with Crippen molar-refractivity contribution in [1.82, 2.24) is 10.2 Å². The summed E-state index contributed by atoms with van der Waals surface area (Å²) in [5.74, 6) is 0.373. The lowest BCUT2D eigenvalue weighted by atomic mass is 9.93. The number of carbonyl (C=O) groups excluding carboxylic acids is 2. The first kappa shape index (κ1) is 23.2. The molecule has 2 aromatic rings. The number of hydrogen-bond acceptors (Lipinski definition) is 3. The van der Waals surface area contributed by atoms with Gasteiger partial charge in [-0.1, -0.05) is 23.7 Å². The number of halogens is 2. The number of para-hydroxylation sites is 1. The van der Waals surface area contributed by atoms with Crippen molar-refractivity contribution in [1.29, 1.82) is 0 Å². The highest BCUT2D eigenvalue weighted by atomic mass is 35.5. The summed E-state index contributed by atoms with van der Waals surface area (Å²) in [6.07, 6.45) is 3.19. The third kappa shape index (κ3) is 6.20. The molecule has 0 aliphatic carbocycles. The molecular weight excluding hydrogens is 409 g/mol. The van der Waals surface area contributed by atoms with E-state index in [9.17, 15) is 9.59 Å². The molecular formula is C22H27Cl2N3O2. The standard InChI is InChI=1S/C22H26ClN3O2.ClH/c1-24-13-10-16-11-14-26(15-12-16)22(28)19-4-2-3-5-20(19)25-21(27)17-6-8-18(23)9-7-17;/h2-9,16,24H,10-15H2,1H3,(H,25,27);1H. The summed E-state index contributed by atoms with van der Waals surface area (Å²) >= 11 is 5.88. The average molecular weight is 436 g/mol. The van der Waals surface area contributed by atoms with Crippen molar-refractivity contribution in [3.8, 4) is 0 Å². The van der Waals surface area contributed by atoms with Crippen molar-refractivity contribution in [2.45, 2.75) is 19.3 Å². The van der Waals surface area contributed by atoms with Crippen LogP contribution in [0.1, 0.15) is 40.0 Å². The summed E-state index contributed by atoms with van der Waals surface area (Å²) in [5, 5.41) is 6.63. The van der Waals surface area contributed by atoms with Crippen LogP contribution in [0.2, 0.25) is 5.02 Å². The Hall–Kier alpha value is -2.08. The van der Waals surface area contributed by atoms with Gasteiger partial charge in [-0.15, -0.1) is 12.4 Å². The van der Waals surface area contributed by atoms with Gasteiger partial charge >= 0.3 is 0 Å². The van der Waals surface area contributed by atoms with Gasteiger partial charge < -0.3 is 15.5 Å². The Morgan fingerprint density at radius 1 is 1.07 bits per heavy atom. The minimum Gasteiger partial charge on any atom is -0.339 e. The zero-order valence-electron chi connectivity index (χ0n) is 16.5. The third-order valence-electron chi connectivity index (χ3n) is 5.22. The molecule has 0 atom stereocenters. The average Bonchev–Trinajstić information content (AvgIpc) is 2.73. The predicted molar refractivity (Wildman–Crippen MR) is 120 cm³/mol. The fourth-order valence-corrected chi connectivity index (χ4v) is 3.64. The number of benzene rings is 2. The first-order chi connectivity index (χ1) is 13.6.